The van der Waals surface area contributed by atoms with Crippen LogP contribution in [0.25, 0.3) is 0 Å². The van der Waals surface area contributed by atoms with Gasteiger partial charge in [0.2, 0.25) is 0 Å². The van der Waals surface area contributed by atoms with Gasteiger partial charge in [0.05, 0.1) is 5.69 Å². The topological polar surface area (TPSA) is 46.0 Å². The standard InChI is InChI=1S/C13H12F5N3O/c1-3-4-11(19-2)21-20-9-5-7-10(8-6-9)22-13(17,18)12(14,15)16/h3-8,20H,2H2,1H3/b4-3+,21-11-. The molecule has 120 valence electrons. The number of rotatable bonds is 5. The largest absolute Gasteiger partial charge is 0.499 e. The lowest BCUT2D eigenvalue weighted by Crippen LogP contribution is -2.41. The van der Waals surface area contributed by atoms with E-state index in [9.17, 15) is 22.0 Å². The van der Waals surface area contributed by atoms with Gasteiger partial charge in [-0.05, 0) is 44.0 Å². The molecular weight excluding hydrogens is 309 g/mol. The lowest BCUT2D eigenvalue weighted by atomic mass is 10.3. The third-order valence-electron chi connectivity index (χ3n) is 2.21. The van der Waals surface area contributed by atoms with Crippen LogP contribution in [0.15, 0.2) is 46.5 Å². The minimum Gasteiger partial charge on any atom is -0.426 e. The van der Waals surface area contributed by atoms with Crippen LogP contribution in [-0.4, -0.2) is 24.8 Å². The van der Waals surface area contributed by atoms with Gasteiger partial charge in [0.15, 0.2) is 5.84 Å². The molecule has 0 aromatic heterocycles. The summed E-state index contributed by atoms with van der Waals surface area (Å²) in [6, 6.07) is 4.35. The lowest BCUT2D eigenvalue weighted by molar-refractivity contribution is -0.360. The Balaban J connectivity index is 2.77. The van der Waals surface area contributed by atoms with Crippen LogP contribution in [0, 0.1) is 0 Å². The molecule has 0 atom stereocenters. The van der Waals surface area contributed by atoms with Crippen molar-refractivity contribution in [3.8, 4) is 5.75 Å². The number of hydrazone groups is 1. The molecule has 0 aliphatic carbocycles. The number of hydrogen-bond donors (Lipinski definition) is 1. The normalized spacial score (nSPS) is 13.3. The van der Waals surface area contributed by atoms with E-state index in [1.165, 1.54) is 12.1 Å². The van der Waals surface area contributed by atoms with E-state index in [0.29, 0.717) is 5.69 Å². The number of nitrogens with one attached hydrogen (secondary N) is 1. The molecule has 0 spiro atoms. The third kappa shape index (κ3) is 4.83. The van der Waals surface area contributed by atoms with Crippen LogP contribution in [0.2, 0.25) is 0 Å². The highest BCUT2D eigenvalue weighted by Crippen LogP contribution is 2.37. The van der Waals surface area contributed by atoms with Crippen LogP contribution in [-0.2, 0) is 0 Å². The number of nitrogens with zero attached hydrogens (tertiary/aromatic N) is 2. The number of anilines is 1. The molecule has 22 heavy (non-hydrogen) atoms. The summed E-state index contributed by atoms with van der Waals surface area (Å²) in [4.78, 5) is 3.59. The van der Waals surface area contributed by atoms with E-state index in [4.69, 9.17) is 0 Å². The summed E-state index contributed by atoms with van der Waals surface area (Å²) in [6.07, 6.45) is -7.82. The number of hydrogen-bond acceptors (Lipinski definition) is 3. The van der Waals surface area contributed by atoms with E-state index in [1.807, 2.05) is 0 Å². The van der Waals surface area contributed by atoms with Crippen LogP contribution < -0.4 is 10.2 Å². The zero-order valence-electron chi connectivity index (χ0n) is 11.4. The molecule has 1 rings (SSSR count). The van der Waals surface area contributed by atoms with Gasteiger partial charge in [-0.3, -0.25) is 5.43 Å². The van der Waals surface area contributed by atoms with Crippen molar-refractivity contribution in [1.29, 1.82) is 0 Å². The van der Waals surface area contributed by atoms with Crippen LogP contribution in [0.1, 0.15) is 6.92 Å². The van der Waals surface area contributed by atoms with E-state index >= 15 is 0 Å². The Bertz CT molecular complexity index is 564. The van der Waals surface area contributed by atoms with Crippen molar-refractivity contribution in [2.24, 2.45) is 10.1 Å². The Morgan fingerprint density at radius 2 is 1.77 bits per heavy atom. The minimum atomic E-state index is -5.79. The molecule has 0 bridgehead atoms. The molecule has 0 unspecified atom stereocenters. The molecular formula is C13H12F5N3O. The highest BCUT2D eigenvalue weighted by atomic mass is 19.4. The number of amidine groups is 1. The van der Waals surface area contributed by atoms with Crippen LogP contribution >= 0.6 is 0 Å². The third-order valence-corrected chi connectivity index (χ3v) is 2.21. The van der Waals surface area contributed by atoms with Gasteiger partial charge in [0, 0.05) is 0 Å². The Kier molecular flexibility index (Phi) is 5.61. The van der Waals surface area contributed by atoms with E-state index in [1.54, 1.807) is 19.1 Å². The van der Waals surface area contributed by atoms with Gasteiger partial charge in [-0.25, -0.2) is 4.99 Å². The maximum atomic E-state index is 12.7. The number of alkyl halides is 5. The van der Waals surface area contributed by atoms with Gasteiger partial charge in [-0.2, -0.15) is 27.1 Å². The molecule has 0 saturated carbocycles. The summed E-state index contributed by atoms with van der Waals surface area (Å²) in [6.45, 7) is 5.03. The molecule has 0 aliphatic heterocycles. The van der Waals surface area contributed by atoms with Crippen molar-refractivity contribution >= 4 is 18.2 Å². The fraction of sp³-hybridized carbons (Fsp3) is 0.231. The quantitative estimate of drug-likeness (QED) is 0.382. The SMILES string of the molecule is C=NC(/C=C/C)=N\Nc1ccc(OC(F)(F)C(F)(F)F)cc1. The maximum Gasteiger partial charge on any atom is 0.499 e. The fourth-order valence-corrected chi connectivity index (χ4v) is 1.20. The van der Waals surface area contributed by atoms with Gasteiger partial charge in [0.1, 0.15) is 5.75 Å². The summed E-state index contributed by atoms with van der Waals surface area (Å²) >= 11 is 0. The van der Waals surface area contributed by atoms with Crippen molar-refractivity contribution in [1.82, 2.24) is 0 Å². The number of aliphatic imine (C=N–C) groups is 1. The molecule has 0 saturated heterocycles. The van der Waals surface area contributed by atoms with Crippen LogP contribution in [0.5, 0.6) is 5.75 Å². The molecule has 1 aromatic carbocycles. The molecule has 1 N–H and O–H groups in total. The maximum absolute atomic E-state index is 12.7. The first-order valence-corrected chi connectivity index (χ1v) is 5.86. The van der Waals surface area contributed by atoms with Crippen molar-refractivity contribution in [3.63, 3.8) is 0 Å². The zero-order valence-corrected chi connectivity index (χ0v) is 11.4. The predicted molar refractivity (Wildman–Crippen MR) is 73.5 cm³/mol. The van der Waals surface area contributed by atoms with Gasteiger partial charge in [-0.15, -0.1) is 0 Å². The van der Waals surface area contributed by atoms with Gasteiger partial charge >= 0.3 is 12.3 Å². The van der Waals surface area contributed by atoms with E-state index in [-0.39, 0.29) is 5.84 Å². The first-order valence-electron chi connectivity index (χ1n) is 5.86. The number of halogens is 5. The molecule has 4 nitrogen and oxygen atoms in total. The Morgan fingerprint density at radius 1 is 1.18 bits per heavy atom. The Morgan fingerprint density at radius 3 is 2.23 bits per heavy atom. The number of allylic oxidation sites excluding steroid dienone is 1. The minimum absolute atomic E-state index is 0.270. The van der Waals surface area contributed by atoms with Crippen LogP contribution in [0.3, 0.4) is 0 Å². The van der Waals surface area contributed by atoms with Gasteiger partial charge in [-0.1, -0.05) is 6.08 Å². The van der Waals surface area contributed by atoms with E-state index < -0.39 is 18.0 Å². The molecule has 9 heteroatoms. The lowest BCUT2D eigenvalue weighted by Gasteiger charge is -2.20. The van der Waals surface area contributed by atoms with Crippen molar-refractivity contribution in [2.75, 3.05) is 5.43 Å². The van der Waals surface area contributed by atoms with Crippen molar-refractivity contribution in [2.45, 2.75) is 19.2 Å². The monoisotopic (exact) mass is 321 g/mol. The van der Waals surface area contributed by atoms with E-state index in [2.05, 4.69) is 27.0 Å². The van der Waals surface area contributed by atoms with Gasteiger partial charge < -0.3 is 4.74 Å². The van der Waals surface area contributed by atoms with Crippen LogP contribution in [0.4, 0.5) is 27.6 Å². The molecule has 1 aromatic rings. The second-order valence-electron chi connectivity index (χ2n) is 3.88. The van der Waals surface area contributed by atoms with Crippen molar-refractivity contribution in [3.05, 3.63) is 36.4 Å². The first-order chi connectivity index (χ1) is 10.2. The number of benzene rings is 1. The number of ether oxygens (including phenoxy) is 1. The second kappa shape index (κ2) is 7.01. The Labute approximate surface area is 123 Å². The summed E-state index contributed by atoms with van der Waals surface area (Å²) in [7, 11) is 0. The molecule has 0 radical (unpaired) electrons. The van der Waals surface area contributed by atoms with Crippen molar-refractivity contribution < 1.29 is 26.7 Å². The molecule has 0 heterocycles. The van der Waals surface area contributed by atoms with E-state index in [0.717, 1.165) is 12.1 Å². The molecule has 0 aliphatic rings. The van der Waals surface area contributed by atoms with Gasteiger partial charge in [0.25, 0.3) is 0 Å². The zero-order chi connectivity index (χ0) is 16.8. The highest BCUT2D eigenvalue weighted by molar-refractivity contribution is 5.96. The highest BCUT2D eigenvalue weighted by Gasteiger charge is 2.61. The first kappa shape index (κ1) is 17.6. The predicted octanol–water partition coefficient (Wildman–Crippen LogP) is 4.22. The average Bonchev–Trinajstić information content (AvgIpc) is 2.43. The smallest absolute Gasteiger partial charge is 0.426 e. The second-order valence-corrected chi connectivity index (χ2v) is 3.88. The summed E-state index contributed by atoms with van der Waals surface area (Å²) < 4.78 is 65.0. The average molecular weight is 321 g/mol. The molecule has 0 fully saturated rings. The summed E-state index contributed by atoms with van der Waals surface area (Å²) in [5.74, 6) is -0.362. The fourth-order valence-electron chi connectivity index (χ4n) is 1.20. The molecule has 0 amide bonds. The summed E-state index contributed by atoms with van der Waals surface area (Å²) in [5, 5.41) is 3.83. The Hall–Kier alpha value is -2.45. The summed E-state index contributed by atoms with van der Waals surface area (Å²) in [5.41, 5.74) is 2.88.